The minimum atomic E-state index is -0.151. The van der Waals surface area contributed by atoms with Crippen LogP contribution in [-0.4, -0.2) is 17.1 Å². The molecule has 19 heavy (non-hydrogen) atoms. The molecule has 4 heteroatoms. The molecule has 0 aliphatic heterocycles. The van der Waals surface area contributed by atoms with Gasteiger partial charge in [-0.2, -0.15) is 0 Å². The van der Waals surface area contributed by atoms with Crippen molar-refractivity contribution in [1.82, 2.24) is 0 Å². The second-order valence-corrected chi connectivity index (χ2v) is 5.42. The first-order valence-electron chi connectivity index (χ1n) is 6.94. The normalized spacial score (nSPS) is 23.7. The van der Waals surface area contributed by atoms with Crippen molar-refractivity contribution in [3.8, 4) is 5.75 Å². The number of hydrogen-bond donors (Lipinski definition) is 3. The molecule has 1 aliphatic carbocycles. The van der Waals surface area contributed by atoms with Crippen LogP contribution in [0.5, 0.6) is 5.75 Å². The smallest absolute Gasteiger partial charge is 0.229 e. The van der Waals surface area contributed by atoms with Crippen molar-refractivity contribution in [2.45, 2.75) is 45.1 Å². The zero-order valence-corrected chi connectivity index (χ0v) is 11.4. The third-order valence-electron chi connectivity index (χ3n) is 3.82. The number of nitrogens with two attached hydrogens (primary N) is 1. The molecular formula is C15H22N2O2. The van der Waals surface area contributed by atoms with Crippen LogP contribution in [0.3, 0.4) is 0 Å². The van der Waals surface area contributed by atoms with Gasteiger partial charge in [-0.1, -0.05) is 25.3 Å². The predicted molar refractivity (Wildman–Crippen MR) is 76.0 cm³/mol. The van der Waals surface area contributed by atoms with Gasteiger partial charge in [-0.3, -0.25) is 4.79 Å². The molecule has 1 aromatic carbocycles. The SMILES string of the molecule is Cc1ccc(O)c(NC(=O)C2CCCCCC2N)c1. The summed E-state index contributed by atoms with van der Waals surface area (Å²) < 4.78 is 0. The first kappa shape index (κ1) is 13.9. The summed E-state index contributed by atoms with van der Waals surface area (Å²) in [6, 6.07) is 5.10. The Labute approximate surface area is 114 Å². The summed E-state index contributed by atoms with van der Waals surface area (Å²) in [4.78, 5) is 12.3. The number of anilines is 1. The van der Waals surface area contributed by atoms with Crippen LogP contribution in [-0.2, 0) is 4.79 Å². The summed E-state index contributed by atoms with van der Waals surface area (Å²) in [5, 5.41) is 12.6. The van der Waals surface area contributed by atoms with Crippen molar-refractivity contribution in [2.75, 3.05) is 5.32 Å². The Balaban J connectivity index is 2.09. The van der Waals surface area contributed by atoms with Gasteiger partial charge in [-0.25, -0.2) is 0 Å². The number of phenols is 1. The summed E-state index contributed by atoms with van der Waals surface area (Å²) in [6.07, 6.45) is 5.02. The topological polar surface area (TPSA) is 75.3 Å². The lowest BCUT2D eigenvalue weighted by Gasteiger charge is -2.21. The summed E-state index contributed by atoms with van der Waals surface area (Å²) in [7, 11) is 0. The van der Waals surface area contributed by atoms with Crippen LogP contribution in [0, 0.1) is 12.8 Å². The van der Waals surface area contributed by atoms with Gasteiger partial charge < -0.3 is 16.2 Å². The van der Waals surface area contributed by atoms with Crippen LogP contribution in [0.2, 0.25) is 0 Å². The quantitative estimate of drug-likeness (QED) is 0.566. The fraction of sp³-hybridized carbons (Fsp3) is 0.533. The van der Waals surface area contributed by atoms with Crippen LogP contribution in [0.4, 0.5) is 5.69 Å². The first-order valence-corrected chi connectivity index (χ1v) is 6.94. The molecule has 2 atom stereocenters. The van der Waals surface area contributed by atoms with E-state index in [4.69, 9.17) is 5.73 Å². The Kier molecular flexibility index (Phi) is 4.43. The molecule has 0 spiro atoms. The Bertz CT molecular complexity index is 459. The highest BCUT2D eigenvalue weighted by molar-refractivity contribution is 5.94. The van der Waals surface area contributed by atoms with E-state index in [2.05, 4.69) is 5.32 Å². The average molecular weight is 262 g/mol. The van der Waals surface area contributed by atoms with Crippen molar-refractivity contribution < 1.29 is 9.90 Å². The van der Waals surface area contributed by atoms with Crippen LogP contribution in [0.25, 0.3) is 0 Å². The molecule has 1 aromatic rings. The van der Waals surface area contributed by atoms with Crippen molar-refractivity contribution in [2.24, 2.45) is 11.7 Å². The number of amides is 1. The van der Waals surface area contributed by atoms with Gasteiger partial charge >= 0.3 is 0 Å². The maximum atomic E-state index is 12.3. The third kappa shape index (κ3) is 3.47. The van der Waals surface area contributed by atoms with E-state index < -0.39 is 0 Å². The predicted octanol–water partition coefficient (Wildman–Crippen LogP) is 2.55. The van der Waals surface area contributed by atoms with E-state index in [1.54, 1.807) is 12.1 Å². The highest BCUT2D eigenvalue weighted by Gasteiger charge is 2.27. The average Bonchev–Trinajstić information content (AvgIpc) is 2.58. The molecule has 2 unspecified atom stereocenters. The van der Waals surface area contributed by atoms with Gasteiger partial charge in [0.15, 0.2) is 0 Å². The fourth-order valence-corrected chi connectivity index (χ4v) is 2.64. The number of carbonyl (C=O) groups is 1. The van der Waals surface area contributed by atoms with E-state index in [1.165, 1.54) is 0 Å². The van der Waals surface area contributed by atoms with Crippen molar-refractivity contribution in [3.63, 3.8) is 0 Å². The summed E-state index contributed by atoms with van der Waals surface area (Å²) in [5.74, 6) is -0.126. The minimum Gasteiger partial charge on any atom is -0.506 e. The molecule has 1 amide bonds. The van der Waals surface area contributed by atoms with Crippen molar-refractivity contribution in [3.05, 3.63) is 23.8 Å². The number of aryl methyl sites for hydroxylation is 1. The Morgan fingerprint density at radius 3 is 2.84 bits per heavy atom. The van der Waals surface area contributed by atoms with Crippen LogP contribution in [0.1, 0.15) is 37.7 Å². The molecule has 0 radical (unpaired) electrons. The molecule has 2 rings (SSSR count). The maximum absolute atomic E-state index is 12.3. The van der Waals surface area contributed by atoms with Gasteiger partial charge in [0, 0.05) is 6.04 Å². The van der Waals surface area contributed by atoms with Crippen molar-refractivity contribution >= 4 is 11.6 Å². The number of carbonyl (C=O) groups excluding carboxylic acids is 1. The summed E-state index contributed by atoms with van der Waals surface area (Å²) in [5.41, 5.74) is 7.55. The molecule has 0 aromatic heterocycles. The van der Waals surface area contributed by atoms with Crippen LogP contribution >= 0.6 is 0 Å². The molecule has 1 aliphatic rings. The minimum absolute atomic E-state index is 0.0738. The second-order valence-electron chi connectivity index (χ2n) is 5.42. The number of rotatable bonds is 2. The van der Waals surface area contributed by atoms with E-state index in [9.17, 15) is 9.90 Å². The molecule has 4 nitrogen and oxygen atoms in total. The van der Waals surface area contributed by atoms with Gasteiger partial charge in [0.2, 0.25) is 5.91 Å². The molecule has 1 saturated carbocycles. The Morgan fingerprint density at radius 1 is 1.32 bits per heavy atom. The van der Waals surface area contributed by atoms with Gasteiger partial charge in [0.05, 0.1) is 11.6 Å². The Hall–Kier alpha value is -1.55. The standard InChI is InChI=1S/C15H22N2O2/c1-10-7-8-14(18)13(9-10)17-15(19)11-5-3-2-4-6-12(11)16/h7-9,11-12,18H,2-6,16H2,1H3,(H,17,19). The van der Waals surface area contributed by atoms with E-state index >= 15 is 0 Å². The molecule has 4 N–H and O–H groups in total. The second kappa shape index (κ2) is 6.06. The maximum Gasteiger partial charge on any atom is 0.229 e. The summed E-state index contributed by atoms with van der Waals surface area (Å²) >= 11 is 0. The molecular weight excluding hydrogens is 240 g/mol. The first-order chi connectivity index (χ1) is 9.08. The zero-order valence-electron chi connectivity index (χ0n) is 11.4. The molecule has 0 bridgehead atoms. The van der Waals surface area contributed by atoms with E-state index in [0.29, 0.717) is 5.69 Å². The largest absolute Gasteiger partial charge is 0.506 e. The van der Waals surface area contributed by atoms with Gasteiger partial charge in [0.25, 0.3) is 0 Å². The molecule has 104 valence electrons. The molecule has 1 fully saturated rings. The zero-order chi connectivity index (χ0) is 13.8. The number of nitrogens with one attached hydrogen (secondary N) is 1. The molecule has 0 saturated heterocycles. The lowest BCUT2D eigenvalue weighted by atomic mass is 9.94. The number of phenolic OH excluding ortho intramolecular Hbond substituents is 1. The highest BCUT2D eigenvalue weighted by Crippen LogP contribution is 2.27. The fourth-order valence-electron chi connectivity index (χ4n) is 2.64. The van der Waals surface area contributed by atoms with Gasteiger partial charge in [0.1, 0.15) is 5.75 Å². The lowest BCUT2D eigenvalue weighted by Crippen LogP contribution is -2.37. The monoisotopic (exact) mass is 262 g/mol. The number of hydrogen-bond acceptors (Lipinski definition) is 3. The molecule has 0 heterocycles. The van der Waals surface area contributed by atoms with E-state index in [0.717, 1.165) is 37.7 Å². The summed E-state index contributed by atoms with van der Waals surface area (Å²) in [6.45, 7) is 1.92. The van der Waals surface area contributed by atoms with E-state index in [1.807, 2.05) is 13.0 Å². The number of aromatic hydroxyl groups is 1. The Morgan fingerprint density at radius 2 is 2.05 bits per heavy atom. The van der Waals surface area contributed by atoms with Crippen molar-refractivity contribution in [1.29, 1.82) is 0 Å². The highest BCUT2D eigenvalue weighted by atomic mass is 16.3. The van der Waals surface area contributed by atoms with E-state index in [-0.39, 0.29) is 23.6 Å². The number of benzene rings is 1. The van der Waals surface area contributed by atoms with Crippen LogP contribution < -0.4 is 11.1 Å². The van der Waals surface area contributed by atoms with Gasteiger partial charge in [-0.15, -0.1) is 0 Å². The van der Waals surface area contributed by atoms with Crippen LogP contribution in [0.15, 0.2) is 18.2 Å². The lowest BCUT2D eigenvalue weighted by molar-refractivity contribution is -0.120. The third-order valence-corrected chi connectivity index (χ3v) is 3.82. The van der Waals surface area contributed by atoms with Gasteiger partial charge in [-0.05, 0) is 37.5 Å².